The molecule has 1 N–H and O–H groups in total. The quantitative estimate of drug-likeness (QED) is 0.827. The molecule has 0 bridgehead atoms. The van der Waals surface area contributed by atoms with Crippen LogP contribution in [0.4, 0.5) is 8.78 Å². The molecule has 2 rings (SSSR count). The van der Waals surface area contributed by atoms with Gasteiger partial charge in [0.2, 0.25) is 11.8 Å². The molecule has 6 heteroatoms. The van der Waals surface area contributed by atoms with E-state index < -0.39 is 24.6 Å². The Hall–Kier alpha value is -1.20. The number of carbonyl (C=O) groups excluding carboxylic acids is 2. The maximum absolute atomic E-state index is 12.6. The zero-order valence-electron chi connectivity index (χ0n) is 10.6. The van der Waals surface area contributed by atoms with Crippen molar-refractivity contribution in [1.82, 2.24) is 10.2 Å². The molecule has 1 saturated heterocycles. The topological polar surface area (TPSA) is 49.4 Å². The average molecular weight is 260 g/mol. The van der Waals surface area contributed by atoms with Gasteiger partial charge in [0.1, 0.15) is 5.54 Å². The molecular weight excluding hydrogens is 242 g/mol. The third kappa shape index (κ3) is 2.33. The van der Waals surface area contributed by atoms with Gasteiger partial charge in [-0.3, -0.25) is 9.59 Å². The Bertz CT molecular complexity index is 371. The van der Waals surface area contributed by atoms with Crippen LogP contribution in [0, 0.1) is 5.92 Å². The predicted octanol–water partition coefficient (Wildman–Crippen LogP) is 1.16. The van der Waals surface area contributed by atoms with E-state index in [0.717, 1.165) is 17.7 Å². The van der Waals surface area contributed by atoms with Gasteiger partial charge < -0.3 is 10.2 Å². The molecule has 2 fully saturated rings. The van der Waals surface area contributed by atoms with Crippen molar-refractivity contribution >= 4 is 11.8 Å². The standard InChI is InChI=1S/C12H18F2N2O2/c1-7-5-10(17)15-12(2,8-3-4-8)11(18)16(7)6-9(13)14/h7-9H,3-6H2,1-2H3,(H,15,17). The number of amides is 2. The molecule has 1 aliphatic carbocycles. The summed E-state index contributed by atoms with van der Waals surface area (Å²) in [4.78, 5) is 25.3. The van der Waals surface area contributed by atoms with E-state index in [-0.39, 0.29) is 24.2 Å². The van der Waals surface area contributed by atoms with Gasteiger partial charge in [0.15, 0.2) is 0 Å². The van der Waals surface area contributed by atoms with E-state index in [1.807, 2.05) is 0 Å². The van der Waals surface area contributed by atoms with Gasteiger partial charge in [0.05, 0.1) is 6.54 Å². The predicted molar refractivity (Wildman–Crippen MR) is 61.1 cm³/mol. The summed E-state index contributed by atoms with van der Waals surface area (Å²) in [5.41, 5.74) is -1.00. The molecule has 102 valence electrons. The van der Waals surface area contributed by atoms with E-state index in [2.05, 4.69) is 5.32 Å². The van der Waals surface area contributed by atoms with Crippen molar-refractivity contribution in [3.8, 4) is 0 Å². The van der Waals surface area contributed by atoms with E-state index >= 15 is 0 Å². The number of rotatable bonds is 3. The van der Waals surface area contributed by atoms with Crippen LogP contribution in [0.15, 0.2) is 0 Å². The Morgan fingerprint density at radius 1 is 1.44 bits per heavy atom. The maximum atomic E-state index is 12.6. The van der Waals surface area contributed by atoms with Crippen LogP contribution in [-0.4, -0.2) is 41.3 Å². The second-order valence-corrected chi connectivity index (χ2v) is 5.43. The summed E-state index contributed by atoms with van der Waals surface area (Å²) < 4.78 is 25.1. The Kier molecular flexibility index (Phi) is 3.29. The highest BCUT2D eigenvalue weighted by Crippen LogP contribution is 2.41. The summed E-state index contributed by atoms with van der Waals surface area (Å²) >= 11 is 0. The number of nitrogens with zero attached hydrogens (tertiary/aromatic N) is 1. The SMILES string of the molecule is CC1CC(=O)NC(C)(C2CC2)C(=O)N1CC(F)F. The number of nitrogens with one attached hydrogen (secondary N) is 1. The van der Waals surface area contributed by atoms with Gasteiger partial charge in [-0.2, -0.15) is 0 Å². The second kappa shape index (κ2) is 4.48. The van der Waals surface area contributed by atoms with E-state index in [9.17, 15) is 18.4 Å². The van der Waals surface area contributed by atoms with Crippen molar-refractivity contribution in [2.45, 2.75) is 51.1 Å². The molecule has 2 amide bonds. The summed E-state index contributed by atoms with van der Waals surface area (Å²) in [6, 6.07) is -0.480. The molecule has 0 spiro atoms. The minimum atomic E-state index is -2.58. The largest absolute Gasteiger partial charge is 0.342 e. The minimum absolute atomic E-state index is 0.0828. The van der Waals surface area contributed by atoms with E-state index in [0.29, 0.717) is 0 Å². The van der Waals surface area contributed by atoms with Gasteiger partial charge in [0.25, 0.3) is 6.43 Å². The van der Waals surface area contributed by atoms with E-state index in [1.54, 1.807) is 13.8 Å². The fraction of sp³-hybridized carbons (Fsp3) is 0.833. The molecule has 18 heavy (non-hydrogen) atoms. The lowest BCUT2D eigenvalue weighted by molar-refractivity contribution is -0.142. The van der Waals surface area contributed by atoms with Gasteiger partial charge in [-0.15, -0.1) is 0 Å². The molecule has 0 aromatic rings. The number of hydrogen-bond donors (Lipinski definition) is 1. The van der Waals surface area contributed by atoms with Gasteiger partial charge in [0, 0.05) is 12.5 Å². The van der Waals surface area contributed by atoms with Crippen molar-refractivity contribution < 1.29 is 18.4 Å². The van der Waals surface area contributed by atoms with Crippen molar-refractivity contribution in [2.24, 2.45) is 5.92 Å². The molecule has 0 aromatic heterocycles. The molecular formula is C12H18F2N2O2. The highest BCUT2D eigenvalue weighted by Gasteiger charge is 2.52. The molecule has 2 unspecified atom stereocenters. The van der Waals surface area contributed by atoms with Crippen molar-refractivity contribution in [2.75, 3.05) is 6.54 Å². The first-order valence-corrected chi connectivity index (χ1v) is 6.25. The number of alkyl halides is 2. The molecule has 0 aromatic carbocycles. The lowest BCUT2D eigenvalue weighted by Gasteiger charge is -2.34. The summed E-state index contributed by atoms with van der Waals surface area (Å²) in [6.45, 7) is 2.69. The second-order valence-electron chi connectivity index (χ2n) is 5.43. The number of halogens is 2. The molecule has 0 radical (unpaired) electrons. The molecule has 1 heterocycles. The normalized spacial score (nSPS) is 33.6. The zero-order chi connectivity index (χ0) is 13.5. The average Bonchev–Trinajstić information content (AvgIpc) is 3.06. The van der Waals surface area contributed by atoms with Crippen LogP contribution in [0.1, 0.15) is 33.1 Å². The van der Waals surface area contributed by atoms with Gasteiger partial charge in [-0.25, -0.2) is 8.78 Å². The van der Waals surface area contributed by atoms with Crippen LogP contribution in [-0.2, 0) is 9.59 Å². The summed E-state index contributed by atoms with van der Waals surface area (Å²) in [7, 11) is 0. The van der Waals surface area contributed by atoms with E-state index in [1.165, 1.54) is 0 Å². The fourth-order valence-electron chi connectivity index (χ4n) is 2.62. The molecule has 2 atom stereocenters. The Balaban J connectivity index is 2.27. The molecule has 1 saturated carbocycles. The van der Waals surface area contributed by atoms with Crippen LogP contribution < -0.4 is 5.32 Å². The smallest absolute Gasteiger partial charge is 0.255 e. The van der Waals surface area contributed by atoms with Crippen LogP contribution in [0.5, 0.6) is 0 Å². The first-order valence-electron chi connectivity index (χ1n) is 6.25. The first-order chi connectivity index (χ1) is 8.34. The van der Waals surface area contributed by atoms with Crippen LogP contribution in [0.25, 0.3) is 0 Å². The van der Waals surface area contributed by atoms with Crippen LogP contribution >= 0.6 is 0 Å². The Morgan fingerprint density at radius 3 is 2.56 bits per heavy atom. The number of hydrogen-bond acceptors (Lipinski definition) is 2. The Labute approximate surface area is 105 Å². The van der Waals surface area contributed by atoms with Gasteiger partial charge in [-0.05, 0) is 32.6 Å². The zero-order valence-corrected chi connectivity index (χ0v) is 10.6. The monoisotopic (exact) mass is 260 g/mol. The number of carbonyl (C=O) groups is 2. The van der Waals surface area contributed by atoms with Crippen LogP contribution in [0.3, 0.4) is 0 Å². The summed E-state index contributed by atoms with van der Waals surface area (Å²) in [5.74, 6) is -0.523. The van der Waals surface area contributed by atoms with Crippen molar-refractivity contribution in [1.29, 1.82) is 0 Å². The fourth-order valence-corrected chi connectivity index (χ4v) is 2.62. The molecule has 4 nitrogen and oxygen atoms in total. The van der Waals surface area contributed by atoms with Gasteiger partial charge in [-0.1, -0.05) is 0 Å². The summed E-state index contributed by atoms with van der Waals surface area (Å²) in [6.07, 6.45) is -0.771. The third-order valence-electron chi connectivity index (χ3n) is 3.85. The first kappa shape index (κ1) is 13.2. The molecule has 1 aliphatic heterocycles. The Morgan fingerprint density at radius 2 is 2.06 bits per heavy atom. The van der Waals surface area contributed by atoms with Crippen LogP contribution in [0.2, 0.25) is 0 Å². The maximum Gasteiger partial charge on any atom is 0.255 e. The lowest BCUT2D eigenvalue weighted by atomic mass is 9.94. The van der Waals surface area contributed by atoms with Crippen molar-refractivity contribution in [3.05, 3.63) is 0 Å². The van der Waals surface area contributed by atoms with Gasteiger partial charge >= 0.3 is 0 Å². The lowest BCUT2D eigenvalue weighted by Crippen LogP contribution is -2.58. The third-order valence-corrected chi connectivity index (χ3v) is 3.85. The summed E-state index contributed by atoms with van der Waals surface area (Å²) in [5, 5.41) is 2.73. The highest BCUT2D eigenvalue weighted by atomic mass is 19.3. The molecule has 2 aliphatic rings. The van der Waals surface area contributed by atoms with Crippen molar-refractivity contribution in [3.63, 3.8) is 0 Å². The minimum Gasteiger partial charge on any atom is -0.342 e. The van der Waals surface area contributed by atoms with E-state index in [4.69, 9.17) is 0 Å². The highest BCUT2D eigenvalue weighted by molar-refractivity contribution is 5.94.